The van der Waals surface area contributed by atoms with Gasteiger partial charge in [-0.3, -0.25) is 4.90 Å². The molecule has 0 radical (unpaired) electrons. The number of hydrogen-bond donors (Lipinski definition) is 0. The van der Waals surface area contributed by atoms with Gasteiger partial charge in [-0.15, -0.1) is 0 Å². The van der Waals surface area contributed by atoms with Crippen molar-refractivity contribution in [1.82, 2.24) is 4.90 Å². The van der Waals surface area contributed by atoms with Crippen LogP contribution in [0.1, 0.15) is 42.5 Å². The molecular weight excluding hydrogens is 286 g/mol. The van der Waals surface area contributed by atoms with Crippen molar-refractivity contribution in [2.45, 2.75) is 38.1 Å². The smallest absolute Gasteiger partial charge is 0.338 e. The molecule has 3 rings (SSSR count). The number of piperidine rings is 2. The second-order valence-corrected chi connectivity index (χ2v) is 6.55. The van der Waals surface area contributed by atoms with Crippen molar-refractivity contribution in [2.75, 3.05) is 19.7 Å². The topological polar surface area (TPSA) is 29.5 Å². The van der Waals surface area contributed by atoms with Crippen LogP contribution in [-0.2, 0) is 4.74 Å². The molecule has 2 aliphatic heterocycles. The third-order valence-corrected chi connectivity index (χ3v) is 4.95. The Balaban J connectivity index is 1.57. The van der Waals surface area contributed by atoms with E-state index < -0.39 is 0 Å². The number of carbonyl (C=O) groups excluding carboxylic acids is 1. The third-order valence-electron chi connectivity index (χ3n) is 4.72. The van der Waals surface area contributed by atoms with Crippen LogP contribution in [0.4, 0.5) is 0 Å². The predicted molar refractivity (Wildman–Crippen MR) is 83.7 cm³/mol. The van der Waals surface area contributed by atoms with Crippen LogP contribution in [-0.4, -0.2) is 36.6 Å². The van der Waals surface area contributed by atoms with Crippen LogP contribution < -0.4 is 0 Å². The minimum atomic E-state index is -0.259. The van der Waals surface area contributed by atoms with Crippen LogP contribution in [0, 0.1) is 5.92 Å². The Labute approximate surface area is 131 Å². The molecule has 4 heteroatoms. The first-order valence-corrected chi connectivity index (χ1v) is 8.28. The van der Waals surface area contributed by atoms with E-state index in [1.165, 1.54) is 45.2 Å². The van der Waals surface area contributed by atoms with Gasteiger partial charge < -0.3 is 4.74 Å². The Kier molecular flexibility index (Phi) is 4.81. The molecule has 2 aliphatic rings. The first-order chi connectivity index (χ1) is 10.2. The van der Waals surface area contributed by atoms with Gasteiger partial charge in [0.05, 0.1) is 12.2 Å². The minimum absolute atomic E-state index is 0.259. The van der Waals surface area contributed by atoms with Gasteiger partial charge in [0.25, 0.3) is 0 Å². The Morgan fingerprint density at radius 2 is 2.10 bits per heavy atom. The molecule has 114 valence electrons. The molecule has 21 heavy (non-hydrogen) atoms. The van der Waals surface area contributed by atoms with Gasteiger partial charge in [-0.05, 0) is 57.0 Å². The maximum absolute atomic E-state index is 12.1. The van der Waals surface area contributed by atoms with E-state index in [1.807, 2.05) is 0 Å². The van der Waals surface area contributed by atoms with Crippen molar-refractivity contribution >= 4 is 17.6 Å². The van der Waals surface area contributed by atoms with Gasteiger partial charge in [0.15, 0.2) is 0 Å². The standard InChI is InChI=1S/C17H22ClNO2/c18-15-7-3-5-13(11-15)17(20)21-12-14-6-4-10-19-9-2-1-8-16(14)19/h3,5,7,11,14,16H,1-2,4,6,8-10,12H2/t14-,16+/m1/s1. The lowest BCUT2D eigenvalue weighted by Gasteiger charge is -2.44. The van der Waals surface area contributed by atoms with Crippen LogP contribution in [0.2, 0.25) is 5.02 Å². The number of rotatable bonds is 3. The highest BCUT2D eigenvalue weighted by Crippen LogP contribution is 2.31. The molecule has 1 aromatic carbocycles. The Morgan fingerprint density at radius 1 is 1.24 bits per heavy atom. The lowest BCUT2D eigenvalue weighted by Crippen LogP contribution is -2.49. The minimum Gasteiger partial charge on any atom is -0.462 e. The fourth-order valence-electron chi connectivity index (χ4n) is 3.65. The maximum Gasteiger partial charge on any atom is 0.338 e. The van der Waals surface area contributed by atoms with E-state index in [0.29, 0.717) is 29.2 Å². The van der Waals surface area contributed by atoms with E-state index in [2.05, 4.69) is 4.90 Å². The van der Waals surface area contributed by atoms with Crippen molar-refractivity contribution in [2.24, 2.45) is 5.92 Å². The highest BCUT2D eigenvalue weighted by Gasteiger charge is 2.33. The van der Waals surface area contributed by atoms with E-state index in [-0.39, 0.29) is 5.97 Å². The van der Waals surface area contributed by atoms with Gasteiger partial charge in [-0.1, -0.05) is 24.1 Å². The highest BCUT2D eigenvalue weighted by molar-refractivity contribution is 6.30. The average molecular weight is 308 g/mol. The van der Waals surface area contributed by atoms with Crippen molar-refractivity contribution < 1.29 is 9.53 Å². The third kappa shape index (κ3) is 3.58. The molecule has 2 atom stereocenters. The molecule has 2 fully saturated rings. The van der Waals surface area contributed by atoms with Gasteiger partial charge in [0, 0.05) is 17.0 Å². The summed E-state index contributed by atoms with van der Waals surface area (Å²) in [6.45, 7) is 2.96. The normalized spacial score (nSPS) is 26.1. The molecule has 0 spiro atoms. The monoisotopic (exact) mass is 307 g/mol. The number of hydrogen-bond acceptors (Lipinski definition) is 3. The molecule has 3 nitrogen and oxygen atoms in total. The Bertz CT molecular complexity index is 503. The number of esters is 1. The quantitative estimate of drug-likeness (QED) is 0.796. The summed E-state index contributed by atoms with van der Waals surface area (Å²) in [6.07, 6.45) is 6.25. The maximum atomic E-state index is 12.1. The molecule has 0 unspecified atom stereocenters. The van der Waals surface area contributed by atoms with Crippen LogP contribution in [0.3, 0.4) is 0 Å². The van der Waals surface area contributed by atoms with E-state index in [1.54, 1.807) is 24.3 Å². The fourth-order valence-corrected chi connectivity index (χ4v) is 3.84. The summed E-state index contributed by atoms with van der Waals surface area (Å²) in [7, 11) is 0. The largest absolute Gasteiger partial charge is 0.462 e. The summed E-state index contributed by atoms with van der Waals surface area (Å²) in [5, 5.41) is 0.570. The second kappa shape index (κ2) is 6.80. The average Bonchev–Trinajstić information content (AvgIpc) is 2.52. The van der Waals surface area contributed by atoms with Crippen molar-refractivity contribution in [3.05, 3.63) is 34.9 Å². The summed E-state index contributed by atoms with van der Waals surface area (Å²) in [4.78, 5) is 14.7. The van der Waals surface area contributed by atoms with Crippen LogP contribution in [0.25, 0.3) is 0 Å². The highest BCUT2D eigenvalue weighted by atomic mass is 35.5. The number of nitrogens with zero attached hydrogens (tertiary/aromatic N) is 1. The van der Waals surface area contributed by atoms with E-state index in [0.717, 1.165) is 0 Å². The Morgan fingerprint density at radius 3 is 2.95 bits per heavy atom. The molecule has 0 bridgehead atoms. The number of fused-ring (bicyclic) bond motifs is 1. The zero-order valence-electron chi connectivity index (χ0n) is 12.3. The van der Waals surface area contributed by atoms with Gasteiger partial charge in [0.2, 0.25) is 0 Å². The fraction of sp³-hybridized carbons (Fsp3) is 0.588. The zero-order chi connectivity index (χ0) is 14.7. The van der Waals surface area contributed by atoms with Gasteiger partial charge in [-0.2, -0.15) is 0 Å². The van der Waals surface area contributed by atoms with Crippen molar-refractivity contribution in [3.63, 3.8) is 0 Å². The molecule has 0 saturated carbocycles. The summed E-state index contributed by atoms with van der Waals surface area (Å²) in [5.41, 5.74) is 0.541. The molecule has 0 aromatic heterocycles. The number of carbonyl (C=O) groups is 1. The van der Waals surface area contributed by atoms with Gasteiger partial charge in [-0.25, -0.2) is 4.79 Å². The van der Waals surface area contributed by atoms with Crippen molar-refractivity contribution in [3.8, 4) is 0 Å². The summed E-state index contributed by atoms with van der Waals surface area (Å²) in [6, 6.07) is 7.57. The second-order valence-electron chi connectivity index (χ2n) is 6.11. The lowest BCUT2D eigenvalue weighted by atomic mass is 9.84. The van der Waals surface area contributed by atoms with E-state index in [9.17, 15) is 4.79 Å². The van der Waals surface area contributed by atoms with Crippen LogP contribution in [0.15, 0.2) is 24.3 Å². The summed E-state index contributed by atoms with van der Waals surface area (Å²) in [5.74, 6) is 0.229. The predicted octanol–water partition coefficient (Wildman–Crippen LogP) is 3.76. The van der Waals surface area contributed by atoms with E-state index in [4.69, 9.17) is 16.3 Å². The number of benzene rings is 1. The van der Waals surface area contributed by atoms with E-state index >= 15 is 0 Å². The molecule has 0 aliphatic carbocycles. The number of halogens is 1. The zero-order valence-corrected chi connectivity index (χ0v) is 13.0. The molecular formula is C17H22ClNO2. The SMILES string of the molecule is O=C(OC[C@H]1CCCN2CCCC[C@@H]12)c1cccc(Cl)c1. The van der Waals surface area contributed by atoms with Crippen molar-refractivity contribution in [1.29, 1.82) is 0 Å². The molecule has 2 heterocycles. The number of ether oxygens (including phenoxy) is 1. The Hall–Kier alpha value is -1.06. The lowest BCUT2D eigenvalue weighted by molar-refractivity contribution is 0.00739. The van der Waals surface area contributed by atoms with Gasteiger partial charge >= 0.3 is 5.97 Å². The summed E-state index contributed by atoms with van der Waals surface area (Å²) < 4.78 is 5.55. The first-order valence-electron chi connectivity index (χ1n) is 7.91. The summed E-state index contributed by atoms with van der Waals surface area (Å²) >= 11 is 5.91. The van der Waals surface area contributed by atoms with Crippen LogP contribution >= 0.6 is 11.6 Å². The van der Waals surface area contributed by atoms with Gasteiger partial charge in [0.1, 0.15) is 0 Å². The molecule has 0 N–H and O–H groups in total. The molecule has 1 aromatic rings. The first kappa shape index (κ1) is 14.9. The molecule has 2 saturated heterocycles. The van der Waals surface area contributed by atoms with Crippen LogP contribution in [0.5, 0.6) is 0 Å². The molecule has 0 amide bonds.